The number of benzene rings is 1. The average molecular weight is 400 g/mol. The molecule has 0 saturated heterocycles. The van der Waals surface area contributed by atoms with Gasteiger partial charge in [0.05, 0.1) is 22.2 Å². The van der Waals surface area contributed by atoms with Crippen molar-refractivity contribution in [1.82, 2.24) is 9.04 Å². The number of imide groups is 1. The molecule has 0 spiro atoms. The Kier molecular flexibility index (Phi) is 7.87. The third kappa shape index (κ3) is 5.93. The highest BCUT2D eigenvalue weighted by Crippen LogP contribution is 2.14. The molecule has 0 aromatic heterocycles. The van der Waals surface area contributed by atoms with E-state index < -0.39 is 23.9 Å². The minimum Gasteiger partial charge on any atom is -0.443 e. The summed E-state index contributed by atoms with van der Waals surface area (Å²) in [6.45, 7) is 4.99. The Morgan fingerprint density at radius 1 is 1.21 bits per heavy atom. The van der Waals surface area contributed by atoms with E-state index in [-0.39, 0.29) is 12.5 Å². The average Bonchev–Trinajstić information content (AvgIpc) is 2.53. The summed E-state index contributed by atoms with van der Waals surface area (Å²) >= 11 is 2.90. The Bertz CT molecular complexity index is 580. The molecule has 3 amide bonds. The van der Waals surface area contributed by atoms with Crippen LogP contribution in [0.4, 0.5) is 4.79 Å². The van der Waals surface area contributed by atoms with Gasteiger partial charge in [0.1, 0.15) is 6.61 Å². The van der Waals surface area contributed by atoms with Crippen molar-refractivity contribution in [2.75, 3.05) is 0 Å². The largest absolute Gasteiger partial charge is 0.443 e. The van der Waals surface area contributed by atoms with E-state index in [1.807, 2.05) is 19.9 Å². The predicted octanol–water partition coefficient (Wildman–Crippen LogP) is 2.60. The number of nitrogens with zero attached hydrogens (tertiary/aromatic N) is 2. The lowest BCUT2D eigenvalue weighted by atomic mass is 10.0. The lowest BCUT2D eigenvalue weighted by molar-refractivity contribution is -0.148. The van der Waals surface area contributed by atoms with Crippen LogP contribution >= 0.6 is 16.1 Å². The second-order valence-corrected chi connectivity index (χ2v) is 6.38. The van der Waals surface area contributed by atoms with Crippen molar-refractivity contribution in [3.05, 3.63) is 35.9 Å². The number of hydrogen-bond acceptors (Lipinski definition) is 5. The number of hydrogen-bond donors (Lipinski definition) is 1. The molecule has 0 heterocycles. The minimum absolute atomic E-state index is 0.0262. The molecule has 1 aromatic carbocycles. The van der Waals surface area contributed by atoms with Gasteiger partial charge in [-0.1, -0.05) is 44.2 Å². The number of nitrogens with two attached hydrogens (primary N) is 1. The summed E-state index contributed by atoms with van der Waals surface area (Å²) in [4.78, 5) is 36.3. The van der Waals surface area contributed by atoms with Crippen LogP contribution in [0.25, 0.3) is 0 Å². The Morgan fingerprint density at radius 2 is 1.79 bits per heavy atom. The monoisotopic (exact) mass is 399 g/mol. The predicted molar refractivity (Wildman–Crippen MR) is 92.4 cm³/mol. The van der Waals surface area contributed by atoms with Crippen LogP contribution in [-0.2, 0) is 20.9 Å². The van der Waals surface area contributed by atoms with Crippen LogP contribution in [0.3, 0.4) is 0 Å². The zero-order valence-corrected chi connectivity index (χ0v) is 15.5. The standard InChI is InChI=1S/C16H22BrN3O4/c1-11(2)9-14(18)15(22)19(20(17)12(3)21)16(23)24-10-13-7-5-4-6-8-13/h4-8,11,14H,9-10,18H2,1-3H3/t14-/m0/s1. The van der Waals surface area contributed by atoms with E-state index in [1.54, 1.807) is 24.3 Å². The first-order valence-electron chi connectivity index (χ1n) is 7.50. The summed E-state index contributed by atoms with van der Waals surface area (Å²) in [5.74, 6) is -1.11. The third-order valence-corrected chi connectivity index (χ3v) is 3.88. The molecule has 0 fully saturated rings. The first-order chi connectivity index (χ1) is 11.2. The molecule has 0 unspecified atom stereocenters. The van der Waals surface area contributed by atoms with E-state index in [9.17, 15) is 14.4 Å². The molecule has 0 aliphatic carbocycles. The van der Waals surface area contributed by atoms with E-state index in [0.29, 0.717) is 11.4 Å². The Morgan fingerprint density at radius 3 is 2.29 bits per heavy atom. The van der Waals surface area contributed by atoms with Crippen LogP contribution in [0, 0.1) is 5.92 Å². The smallest absolute Gasteiger partial charge is 0.437 e. The van der Waals surface area contributed by atoms with Gasteiger partial charge in [-0.05, 0) is 17.9 Å². The summed E-state index contributed by atoms with van der Waals surface area (Å²) in [5.41, 5.74) is 6.60. The van der Waals surface area contributed by atoms with Crippen LogP contribution in [0.1, 0.15) is 32.8 Å². The van der Waals surface area contributed by atoms with Gasteiger partial charge in [0, 0.05) is 6.92 Å². The van der Waals surface area contributed by atoms with Crippen molar-refractivity contribution < 1.29 is 19.1 Å². The van der Waals surface area contributed by atoms with Crippen molar-refractivity contribution in [2.24, 2.45) is 11.7 Å². The molecule has 2 N–H and O–H groups in total. The van der Waals surface area contributed by atoms with Crippen molar-refractivity contribution in [3.8, 4) is 0 Å². The van der Waals surface area contributed by atoms with Gasteiger partial charge in [0.15, 0.2) is 0 Å². The van der Waals surface area contributed by atoms with Crippen molar-refractivity contribution in [1.29, 1.82) is 0 Å². The second-order valence-electron chi connectivity index (χ2n) is 5.71. The lowest BCUT2D eigenvalue weighted by Gasteiger charge is -2.28. The van der Waals surface area contributed by atoms with Gasteiger partial charge < -0.3 is 10.5 Å². The maximum absolute atomic E-state index is 12.5. The molecule has 8 heteroatoms. The van der Waals surface area contributed by atoms with Gasteiger partial charge in [-0.25, -0.2) is 4.79 Å². The highest BCUT2D eigenvalue weighted by atomic mass is 79.9. The highest BCUT2D eigenvalue weighted by Gasteiger charge is 2.34. The van der Waals surface area contributed by atoms with E-state index in [2.05, 4.69) is 16.1 Å². The quantitative estimate of drug-likeness (QED) is 0.606. The zero-order chi connectivity index (χ0) is 18.3. The maximum atomic E-state index is 12.5. The number of rotatable bonds is 5. The summed E-state index contributed by atoms with van der Waals surface area (Å²) in [6.07, 6.45) is -0.602. The third-order valence-electron chi connectivity index (χ3n) is 3.06. The second kappa shape index (κ2) is 9.39. The molecule has 0 bridgehead atoms. The summed E-state index contributed by atoms with van der Waals surface area (Å²) in [7, 11) is 0. The molecule has 0 saturated carbocycles. The number of carbonyl (C=O) groups excluding carboxylic acids is 3. The molecule has 24 heavy (non-hydrogen) atoms. The van der Waals surface area contributed by atoms with Crippen molar-refractivity contribution >= 4 is 34.1 Å². The molecule has 1 aromatic rings. The molecule has 0 radical (unpaired) electrons. The van der Waals surface area contributed by atoms with E-state index in [4.69, 9.17) is 10.5 Å². The zero-order valence-electron chi connectivity index (χ0n) is 13.9. The van der Waals surface area contributed by atoms with Crippen LogP contribution in [-0.4, -0.2) is 33.0 Å². The normalized spacial score (nSPS) is 11.8. The maximum Gasteiger partial charge on any atom is 0.437 e. The van der Waals surface area contributed by atoms with Gasteiger partial charge in [-0.15, -0.1) is 5.01 Å². The van der Waals surface area contributed by atoms with E-state index in [0.717, 1.165) is 9.60 Å². The van der Waals surface area contributed by atoms with Crippen LogP contribution in [0.5, 0.6) is 0 Å². The fourth-order valence-electron chi connectivity index (χ4n) is 1.94. The SMILES string of the molecule is CC(=O)N(Br)N(C(=O)OCc1ccccc1)C(=O)[C@@H](N)CC(C)C. The fraction of sp³-hybridized carbons (Fsp3) is 0.438. The number of hydrazine groups is 1. The Hall–Kier alpha value is -1.93. The molecule has 1 atom stereocenters. The summed E-state index contributed by atoms with van der Waals surface area (Å²) < 4.78 is 5.85. The van der Waals surface area contributed by atoms with Crippen LogP contribution < -0.4 is 5.73 Å². The van der Waals surface area contributed by atoms with Crippen molar-refractivity contribution in [3.63, 3.8) is 0 Å². The fourth-order valence-corrected chi connectivity index (χ4v) is 2.22. The summed E-state index contributed by atoms with van der Waals surface area (Å²) in [5, 5.41) is 0.582. The highest BCUT2D eigenvalue weighted by molar-refractivity contribution is 9.07. The molecule has 1 rings (SSSR count). The van der Waals surface area contributed by atoms with Crippen molar-refractivity contribution in [2.45, 2.75) is 39.8 Å². The molecule has 0 aliphatic heterocycles. The first-order valence-corrected chi connectivity index (χ1v) is 8.21. The lowest BCUT2D eigenvalue weighted by Crippen LogP contribution is -2.53. The van der Waals surface area contributed by atoms with Gasteiger partial charge in [-0.3, -0.25) is 9.59 Å². The minimum atomic E-state index is -0.977. The van der Waals surface area contributed by atoms with Gasteiger partial charge in [0.2, 0.25) is 5.91 Å². The van der Waals surface area contributed by atoms with Gasteiger partial charge >= 0.3 is 6.09 Å². The molecule has 132 valence electrons. The number of ether oxygens (including phenoxy) is 1. The number of carbonyl (C=O) groups is 3. The Labute approximate surface area is 150 Å². The Balaban J connectivity index is 2.86. The molecular formula is C16H22BrN3O4. The molecule has 0 aliphatic rings. The number of amides is 3. The van der Waals surface area contributed by atoms with Gasteiger partial charge in [-0.2, -0.15) is 4.03 Å². The van der Waals surface area contributed by atoms with Crippen LogP contribution in [0.2, 0.25) is 0 Å². The van der Waals surface area contributed by atoms with Crippen LogP contribution in [0.15, 0.2) is 30.3 Å². The molecule has 7 nitrogen and oxygen atoms in total. The van der Waals surface area contributed by atoms with E-state index in [1.165, 1.54) is 6.92 Å². The van der Waals surface area contributed by atoms with E-state index >= 15 is 0 Å². The van der Waals surface area contributed by atoms with Gasteiger partial charge in [0.25, 0.3) is 5.91 Å². The topological polar surface area (TPSA) is 92.9 Å². The number of halogens is 1. The molecular weight excluding hydrogens is 378 g/mol. The summed E-state index contributed by atoms with van der Waals surface area (Å²) in [6, 6.07) is 8.08. The first kappa shape index (κ1) is 20.1.